The fourth-order valence-corrected chi connectivity index (χ4v) is 1.59. The average Bonchev–Trinajstić information content (AvgIpc) is 2.20. The Labute approximate surface area is 85.1 Å². The molecule has 2 unspecified atom stereocenters. The van der Waals surface area contributed by atoms with Gasteiger partial charge in [-0.1, -0.05) is 6.92 Å². The summed E-state index contributed by atoms with van der Waals surface area (Å²) in [5.41, 5.74) is 1.04. The lowest BCUT2D eigenvalue weighted by Gasteiger charge is -2.25. The molecular formula is C11H17NO2. The van der Waals surface area contributed by atoms with Gasteiger partial charge in [-0.15, -0.1) is 0 Å². The van der Waals surface area contributed by atoms with Crippen molar-refractivity contribution in [2.75, 3.05) is 21.3 Å². The summed E-state index contributed by atoms with van der Waals surface area (Å²) >= 11 is 0. The Bertz CT molecular complexity index is 279. The Morgan fingerprint density at radius 3 is 2.64 bits per heavy atom. The van der Waals surface area contributed by atoms with Crippen molar-refractivity contribution < 1.29 is 9.47 Å². The molecule has 2 atom stereocenters. The molecule has 0 aliphatic heterocycles. The highest BCUT2D eigenvalue weighted by Gasteiger charge is 2.23. The first kappa shape index (κ1) is 11.0. The van der Waals surface area contributed by atoms with E-state index in [0.717, 1.165) is 11.3 Å². The van der Waals surface area contributed by atoms with Gasteiger partial charge in [-0.05, 0) is 17.7 Å². The van der Waals surface area contributed by atoms with Gasteiger partial charge in [0.05, 0.1) is 13.2 Å². The number of nitrogens with zero attached hydrogens (tertiary/aromatic N) is 1. The molecule has 0 aromatic heterocycles. The smallest absolute Gasteiger partial charge is 0.102 e. The van der Waals surface area contributed by atoms with Gasteiger partial charge in [0.25, 0.3) is 0 Å². The predicted molar refractivity (Wildman–Crippen MR) is 57.6 cm³/mol. The molecule has 1 rings (SSSR count). The first-order chi connectivity index (χ1) is 6.72. The Kier molecular flexibility index (Phi) is 3.89. The minimum absolute atomic E-state index is 0.0722. The molecule has 0 aromatic rings. The summed E-state index contributed by atoms with van der Waals surface area (Å²) in [7, 11) is 5.14. The second kappa shape index (κ2) is 4.96. The van der Waals surface area contributed by atoms with E-state index >= 15 is 0 Å². The lowest BCUT2D eigenvalue weighted by Crippen LogP contribution is -2.24. The molecule has 3 heteroatoms. The van der Waals surface area contributed by atoms with Gasteiger partial charge in [-0.25, -0.2) is 0 Å². The van der Waals surface area contributed by atoms with Crippen LogP contribution in [0.5, 0.6) is 0 Å². The normalized spacial score (nSPS) is 27.4. The topological polar surface area (TPSA) is 30.8 Å². The van der Waals surface area contributed by atoms with Crippen LogP contribution in [0.2, 0.25) is 0 Å². The summed E-state index contributed by atoms with van der Waals surface area (Å²) in [5, 5.41) is 0. The van der Waals surface area contributed by atoms with Gasteiger partial charge in [0, 0.05) is 26.3 Å². The first-order valence-corrected chi connectivity index (χ1v) is 4.65. The largest absolute Gasteiger partial charge is 0.501 e. The van der Waals surface area contributed by atoms with Gasteiger partial charge in [-0.2, -0.15) is 0 Å². The average molecular weight is 195 g/mol. The van der Waals surface area contributed by atoms with Crippen molar-refractivity contribution in [2.24, 2.45) is 10.9 Å². The minimum Gasteiger partial charge on any atom is -0.501 e. The maximum atomic E-state index is 5.35. The van der Waals surface area contributed by atoms with Gasteiger partial charge >= 0.3 is 0 Å². The molecule has 0 aromatic carbocycles. The first-order valence-electron chi connectivity index (χ1n) is 4.65. The van der Waals surface area contributed by atoms with E-state index in [0.29, 0.717) is 0 Å². The fourth-order valence-electron chi connectivity index (χ4n) is 1.59. The van der Waals surface area contributed by atoms with Crippen molar-refractivity contribution in [3.05, 3.63) is 23.5 Å². The van der Waals surface area contributed by atoms with Crippen LogP contribution in [-0.2, 0) is 9.47 Å². The molecular weight excluding hydrogens is 178 g/mol. The lowest BCUT2D eigenvalue weighted by atomic mass is 9.93. The Morgan fingerprint density at radius 1 is 1.43 bits per heavy atom. The number of ether oxygens (including phenoxy) is 2. The number of allylic oxidation sites excluding steroid dienone is 2. The number of hydrogen-bond donors (Lipinski definition) is 0. The van der Waals surface area contributed by atoms with Gasteiger partial charge in [0.2, 0.25) is 0 Å². The van der Waals surface area contributed by atoms with E-state index in [9.17, 15) is 0 Å². The maximum Gasteiger partial charge on any atom is 0.102 e. The quantitative estimate of drug-likeness (QED) is 0.643. The highest BCUT2D eigenvalue weighted by molar-refractivity contribution is 5.83. The molecule has 0 fully saturated rings. The fraction of sp³-hybridized carbons (Fsp3) is 0.545. The van der Waals surface area contributed by atoms with Crippen molar-refractivity contribution >= 4 is 6.21 Å². The van der Waals surface area contributed by atoms with Crippen molar-refractivity contribution in [1.82, 2.24) is 0 Å². The Morgan fingerprint density at radius 2 is 2.14 bits per heavy atom. The standard InChI is InChI=1S/C11H17NO2/c1-8-10(13-3)5-9(7-12-2)6-11(8)14-4/h5-8,10H,1-4H3. The summed E-state index contributed by atoms with van der Waals surface area (Å²) in [4.78, 5) is 3.97. The van der Waals surface area contributed by atoms with Crippen molar-refractivity contribution in [1.29, 1.82) is 0 Å². The second-order valence-corrected chi connectivity index (χ2v) is 3.29. The number of aliphatic imine (C=N–C) groups is 1. The van der Waals surface area contributed by atoms with Gasteiger partial charge in [0.1, 0.15) is 5.76 Å². The van der Waals surface area contributed by atoms with Crippen LogP contribution < -0.4 is 0 Å². The van der Waals surface area contributed by atoms with Gasteiger partial charge in [-0.3, -0.25) is 4.99 Å². The van der Waals surface area contributed by atoms with E-state index in [1.165, 1.54) is 0 Å². The van der Waals surface area contributed by atoms with Crippen LogP contribution in [0.3, 0.4) is 0 Å². The molecule has 0 radical (unpaired) electrons. The van der Waals surface area contributed by atoms with E-state index in [1.807, 2.05) is 6.08 Å². The predicted octanol–water partition coefficient (Wildman–Crippen LogP) is 1.81. The molecule has 3 nitrogen and oxygen atoms in total. The van der Waals surface area contributed by atoms with E-state index in [-0.39, 0.29) is 12.0 Å². The van der Waals surface area contributed by atoms with Crippen LogP contribution in [0, 0.1) is 5.92 Å². The van der Waals surface area contributed by atoms with Crippen LogP contribution in [0.4, 0.5) is 0 Å². The molecule has 78 valence electrons. The van der Waals surface area contributed by atoms with Gasteiger partial charge in [0.15, 0.2) is 0 Å². The highest BCUT2D eigenvalue weighted by atomic mass is 16.5. The molecule has 14 heavy (non-hydrogen) atoms. The molecule has 0 saturated heterocycles. The van der Waals surface area contributed by atoms with Crippen LogP contribution in [0.15, 0.2) is 28.5 Å². The second-order valence-electron chi connectivity index (χ2n) is 3.29. The number of rotatable bonds is 3. The molecule has 0 saturated carbocycles. The van der Waals surface area contributed by atoms with Crippen LogP contribution in [-0.4, -0.2) is 33.6 Å². The van der Waals surface area contributed by atoms with Gasteiger partial charge < -0.3 is 9.47 Å². The van der Waals surface area contributed by atoms with Crippen LogP contribution >= 0.6 is 0 Å². The number of methoxy groups -OCH3 is 2. The summed E-state index contributed by atoms with van der Waals surface area (Å²) in [5.74, 6) is 1.20. The zero-order valence-corrected chi connectivity index (χ0v) is 9.15. The molecule has 1 aliphatic carbocycles. The maximum absolute atomic E-state index is 5.35. The Hall–Kier alpha value is -1.09. The Balaban J connectivity index is 2.92. The van der Waals surface area contributed by atoms with Crippen LogP contribution in [0.25, 0.3) is 0 Å². The van der Waals surface area contributed by atoms with E-state index in [1.54, 1.807) is 27.5 Å². The third-order valence-corrected chi connectivity index (χ3v) is 2.39. The summed E-state index contributed by atoms with van der Waals surface area (Å²) < 4.78 is 10.6. The van der Waals surface area contributed by atoms with Crippen molar-refractivity contribution in [3.63, 3.8) is 0 Å². The molecule has 0 amide bonds. The van der Waals surface area contributed by atoms with Crippen molar-refractivity contribution in [3.8, 4) is 0 Å². The summed E-state index contributed by atoms with van der Waals surface area (Å²) in [6, 6.07) is 0. The highest BCUT2D eigenvalue weighted by Crippen LogP contribution is 2.25. The molecule has 0 bridgehead atoms. The van der Waals surface area contributed by atoms with Crippen molar-refractivity contribution in [2.45, 2.75) is 13.0 Å². The third-order valence-electron chi connectivity index (χ3n) is 2.39. The SMILES string of the molecule is CN=CC1=CC(OC)C(C)C(OC)=C1. The van der Waals surface area contributed by atoms with Crippen LogP contribution in [0.1, 0.15) is 6.92 Å². The third kappa shape index (κ3) is 2.23. The molecule has 0 spiro atoms. The summed E-state index contributed by atoms with van der Waals surface area (Å²) in [6.07, 6.45) is 5.92. The summed E-state index contributed by atoms with van der Waals surface area (Å²) in [6.45, 7) is 2.08. The minimum atomic E-state index is 0.0722. The van der Waals surface area contributed by atoms with E-state index in [2.05, 4.69) is 18.0 Å². The van der Waals surface area contributed by atoms with E-state index in [4.69, 9.17) is 9.47 Å². The molecule has 0 heterocycles. The van der Waals surface area contributed by atoms with E-state index < -0.39 is 0 Å². The zero-order valence-electron chi connectivity index (χ0n) is 9.15. The number of hydrogen-bond acceptors (Lipinski definition) is 3. The lowest BCUT2D eigenvalue weighted by molar-refractivity contribution is 0.0815. The molecule has 1 aliphatic rings. The molecule has 0 N–H and O–H groups in total. The zero-order chi connectivity index (χ0) is 10.6. The monoisotopic (exact) mass is 195 g/mol.